The van der Waals surface area contributed by atoms with Gasteiger partial charge in [0.25, 0.3) is 0 Å². The van der Waals surface area contributed by atoms with Crippen molar-refractivity contribution in [1.82, 2.24) is 9.97 Å². The lowest BCUT2D eigenvalue weighted by atomic mass is 10.3. The smallest absolute Gasteiger partial charge is 0.188 e. The SMILES string of the molecule is Cc1cc(Cl)nc(C(F)CF)n1. The average molecular weight is 193 g/mol. The molecule has 1 aromatic heterocycles. The molecule has 1 atom stereocenters. The molecule has 1 rings (SSSR count). The van der Waals surface area contributed by atoms with Crippen molar-refractivity contribution in [2.45, 2.75) is 13.1 Å². The van der Waals surface area contributed by atoms with Gasteiger partial charge in [0.1, 0.15) is 11.8 Å². The van der Waals surface area contributed by atoms with Gasteiger partial charge in [0, 0.05) is 5.69 Å². The predicted octanol–water partition coefficient (Wildman–Crippen LogP) is 2.42. The summed E-state index contributed by atoms with van der Waals surface area (Å²) >= 11 is 5.51. The summed E-state index contributed by atoms with van der Waals surface area (Å²) in [5.74, 6) is -0.192. The summed E-state index contributed by atoms with van der Waals surface area (Å²) in [6.45, 7) is 0.516. The second kappa shape index (κ2) is 3.76. The van der Waals surface area contributed by atoms with E-state index in [1.165, 1.54) is 6.07 Å². The monoisotopic (exact) mass is 192 g/mol. The Balaban J connectivity index is 3.00. The first-order valence-electron chi connectivity index (χ1n) is 3.34. The van der Waals surface area contributed by atoms with Crippen molar-refractivity contribution in [3.8, 4) is 0 Å². The third-order valence-electron chi connectivity index (χ3n) is 1.26. The minimum absolute atomic E-state index is 0.133. The molecule has 66 valence electrons. The Bertz CT molecular complexity index is 260. The van der Waals surface area contributed by atoms with Crippen LogP contribution >= 0.6 is 11.6 Å². The van der Waals surface area contributed by atoms with Gasteiger partial charge in [-0.3, -0.25) is 0 Å². The summed E-state index contributed by atoms with van der Waals surface area (Å²) in [7, 11) is 0. The normalized spacial score (nSPS) is 13.0. The molecular formula is C7H7ClF2N2. The highest BCUT2D eigenvalue weighted by Gasteiger charge is 2.13. The van der Waals surface area contributed by atoms with E-state index in [1.807, 2.05) is 0 Å². The molecule has 0 amide bonds. The number of rotatable bonds is 2. The van der Waals surface area contributed by atoms with Gasteiger partial charge < -0.3 is 0 Å². The van der Waals surface area contributed by atoms with Crippen LogP contribution in [0.4, 0.5) is 8.78 Å². The number of aryl methyl sites for hydroxylation is 1. The second-order valence-corrected chi connectivity index (χ2v) is 2.70. The van der Waals surface area contributed by atoms with Crippen molar-refractivity contribution in [2.24, 2.45) is 0 Å². The Kier molecular flexibility index (Phi) is 2.92. The first-order valence-corrected chi connectivity index (χ1v) is 3.72. The zero-order valence-electron chi connectivity index (χ0n) is 6.39. The van der Waals surface area contributed by atoms with Crippen LogP contribution in [0.25, 0.3) is 0 Å². The highest BCUT2D eigenvalue weighted by Crippen LogP contribution is 2.16. The Hall–Kier alpha value is -0.770. The molecular weight excluding hydrogens is 186 g/mol. The Morgan fingerprint density at radius 3 is 2.75 bits per heavy atom. The maximum absolute atomic E-state index is 12.7. The zero-order chi connectivity index (χ0) is 9.14. The molecule has 2 nitrogen and oxygen atoms in total. The zero-order valence-corrected chi connectivity index (χ0v) is 7.15. The number of hydrogen-bond donors (Lipinski definition) is 0. The minimum Gasteiger partial charge on any atom is -0.247 e. The molecule has 0 aliphatic carbocycles. The highest BCUT2D eigenvalue weighted by molar-refractivity contribution is 6.29. The molecule has 0 saturated heterocycles. The summed E-state index contributed by atoms with van der Waals surface area (Å²) in [5.41, 5.74) is 0.529. The van der Waals surface area contributed by atoms with Crippen molar-refractivity contribution in [1.29, 1.82) is 0 Å². The molecule has 0 fully saturated rings. The van der Waals surface area contributed by atoms with E-state index in [1.54, 1.807) is 6.92 Å². The fraction of sp³-hybridized carbons (Fsp3) is 0.429. The lowest BCUT2D eigenvalue weighted by molar-refractivity contribution is 0.254. The molecule has 1 heterocycles. The van der Waals surface area contributed by atoms with Crippen LogP contribution in [0.1, 0.15) is 17.7 Å². The van der Waals surface area contributed by atoms with E-state index in [4.69, 9.17) is 11.6 Å². The largest absolute Gasteiger partial charge is 0.247 e. The summed E-state index contributed by atoms with van der Waals surface area (Å²) in [6.07, 6.45) is -1.78. The molecule has 1 aromatic rings. The molecule has 0 radical (unpaired) electrons. The maximum atomic E-state index is 12.7. The van der Waals surface area contributed by atoms with E-state index in [-0.39, 0.29) is 11.0 Å². The van der Waals surface area contributed by atoms with Gasteiger partial charge in [0.15, 0.2) is 12.0 Å². The fourth-order valence-electron chi connectivity index (χ4n) is 0.761. The van der Waals surface area contributed by atoms with Crippen molar-refractivity contribution >= 4 is 11.6 Å². The van der Waals surface area contributed by atoms with Crippen molar-refractivity contribution in [3.05, 3.63) is 22.7 Å². The van der Waals surface area contributed by atoms with Gasteiger partial charge in [0.2, 0.25) is 0 Å². The van der Waals surface area contributed by atoms with Crippen LogP contribution in [0, 0.1) is 6.92 Å². The number of halogens is 3. The molecule has 0 aromatic carbocycles. The first kappa shape index (κ1) is 9.32. The van der Waals surface area contributed by atoms with Gasteiger partial charge in [-0.2, -0.15) is 0 Å². The Labute approximate surface area is 73.6 Å². The number of alkyl halides is 2. The molecule has 0 aliphatic rings. The first-order chi connectivity index (χ1) is 5.63. The van der Waals surface area contributed by atoms with Crippen LogP contribution in [0.15, 0.2) is 6.07 Å². The van der Waals surface area contributed by atoms with Crippen LogP contribution in [-0.2, 0) is 0 Å². The van der Waals surface area contributed by atoms with Crippen LogP contribution in [0.3, 0.4) is 0 Å². The molecule has 0 saturated carbocycles. The lowest BCUT2D eigenvalue weighted by Crippen LogP contribution is -2.02. The Morgan fingerprint density at radius 2 is 2.25 bits per heavy atom. The van der Waals surface area contributed by atoms with Gasteiger partial charge in [0.05, 0.1) is 0 Å². The van der Waals surface area contributed by atoms with Crippen molar-refractivity contribution in [2.75, 3.05) is 6.67 Å². The third-order valence-corrected chi connectivity index (χ3v) is 1.45. The summed E-state index contributed by atoms with van der Waals surface area (Å²) in [4.78, 5) is 7.24. The van der Waals surface area contributed by atoms with Gasteiger partial charge in [-0.15, -0.1) is 0 Å². The van der Waals surface area contributed by atoms with Crippen LogP contribution in [0.2, 0.25) is 5.15 Å². The van der Waals surface area contributed by atoms with Crippen molar-refractivity contribution < 1.29 is 8.78 Å². The van der Waals surface area contributed by atoms with Gasteiger partial charge >= 0.3 is 0 Å². The summed E-state index contributed by atoms with van der Waals surface area (Å²) < 4.78 is 24.5. The predicted molar refractivity (Wildman–Crippen MR) is 41.6 cm³/mol. The number of aromatic nitrogens is 2. The molecule has 1 unspecified atom stereocenters. The van der Waals surface area contributed by atoms with E-state index in [0.717, 1.165) is 0 Å². The summed E-state index contributed by atoms with van der Waals surface area (Å²) in [6, 6.07) is 1.48. The number of nitrogens with zero attached hydrogens (tertiary/aromatic N) is 2. The van der Waals surface area contributed by atoms with Gasteiger partial charge in [-0.1, -0.05) is 11.6 Å². The van der Waals surface area contributed by atoms with Gasteiger partial charge in [-0.25, -0.2) is 18.7 Å². The van der Waals surface area contributed by atoms with E-state index < -0.39 is 12.8 Å². The molecule has 0 spiro atoms. The Morgan fingerprint density at radius 1 is 1.58 bits per heavy atom. The minimum atomic E-state index is -1.78. The van der Waals surface area contributed by atoms with Crippen LogP contribution in [-0.4, -0.2) is 16.6 Å². The maximum Gasteiger partial charge on any atom is 0.188 e. The second-order valence-electron chi connectivity index (χ2n) is 2.31. The average Bonchev–Trinajstić information content (AvgIpc) is 2.01. The molecule has 12 heavy (non-hydrogen) atoms. The van der Waals surface area contributed by atoms with Crippen molar-refractivity contribution in [3.63, 3.8) is 0 Å². The molecule has 0 aliphatic heterocycles. The number of hydrogen-bond acceptors (Lipinski definition) is 2. The van der Waals surface area contributed by atoms with Crippen LogP contribution in [0.5, 0.6) is 0 Å². The fourth-order valence-corrected chi connectivity index (χ4v) is 1.01. The molecule has 0 N–H and O–H groups in total. The van der Waals surface area contributed by atoms with E-state index in [0.29, 0.717) is 5.69 Å². The van der Waals surface area contributed by atoms with E-state index in [9.17, 15) is 8.78 Å². The standard InChI is InChI=1S/C7H7ClF2N2/c1-4-2-6(8)12-7(11-4)5(10)3-9/h2,5H,3H2,1H3. The molecule has 5 heteroatoms. The highest BCUT2D eigenvalue weighted by atomic mass is 35.5. The van der Waals surface area contributed by atoms with Gasteiger partial charge in [-0.05, 0) is 13.0 Å². The van der Waals surface area contributed by atoms with E-state index in [2.05, 4.69) is 9.97 Å². The third kappa shape index (κ3) is 2.11. The van der Waals surface area contributed by atoms with Crippen LogP contribution < -0.4 is 0 Å². The quantitative estimate of drug-likeness (QED) is 0.673. The molecule has 0 bridgehead atoms. The lowest BCUT2D eigenvalue weighted by Gasteiger charge is -2.02. The van der Waals surface area contributed by atoms with E-state index >= 15 is 0 Å². The summed E-state index contributed by atoms with van der Waals surface area (Å²) in [5, 5.41) is 0.133. The topological polar surface area (TPSA) is 25.8 Å².